The highest BCUT2D eigenvalue weighted by Crippen LogP contribution is 2.31. The lowest BCUT2D eigenvalue weighted by atomic mass is 9.77. The van der Waals surface area contributed by atoms with Crippen LogP contribution < -0.4 is 0 Å². The van der Waals surface area contributed by atoms with Crippen molar-refractivity contribution in [2.45, 2.75) is 24.8 Å². The van der Waals surface area contributed by atoms with Crippen LogP contribution in [0.5, 0.6) is 0 Å². The minimum atomic E-state index is -0.658. The van der Waals surface area contributed by atoms with Crippen molar-refractivity contribution in [1.82, 2.24) is 30.2 Å². The van der Waals surface area contributed by atoms with E-state index in [-0.39, 0.29) is 0 Å². The molecule has 0 saturated heterocycles. The normalized spacial score (nSPS) is 12.3. The Hall–Kier alpha value is -3.50. The van der Waals surface area contributed by atoms with Gasteiger partial charge in [-0.3, -0.25) is 4.68 Å². The van der Waals surface area contributed by atoms with Crippen LogP contribution in [0.2, 0.25) is 5.02 Å². The molecule has 0 saturated carbocycles. The minimum absolute atomic E-state index is 0.473. The largest absolute Gasteiger partial charge is 0.251 e. The number of hydrogen-bond donors (Lipinski definition) is 1. The lowest BCUT2D eigenvalue weighted by molar-refractivity contribution is 0.402. The van der Waals surface area contributed by atoms with Crippen molar-refractivity contribution in [2.75, 3.05) is 0 Å². The Kier molecular flexibility index (Phi) is 7.09. The van der Waals surface area contributed by atoms with Crippen molar-refractivity contribution in [3.63, 3.8) is 0 Å². The van der Waals surface area contributed by atoms with Crippen LogP contribution >= 0.6 is 11.6 Å². The molecule has 0 aliphatic carbocycles. The van der Waals surface area contributed by atoms with Crippen LogP contribution in [0.15, 0.2) is 79.6 Å². The number of hydrogen-bond acceptors (Lipinski definition) is 5. The van der Waals surface area contributed by atoms with E-state index in [0.29, 0.717) is 13.0 Å². The summed E-state index contributed by atoms with van der Waals surface area (Å²) < 4.78 is 1.72. The number of aromatic amines is 1. The number of halogens is 1. The summed E-state index contributed by atoms with van der Waals surface area (Å²) in [7, 11) is 0. The zero-order chi connectivity index (χ0) is 20.4. The van der Waals surface area contributed by atoms with Crippen LogP contribution in [0.25, 0.3) is 0 Å². The van der Waals surface area contributed by atoms with E-state index in [1.165, 1.54) is 6.33 Å². The number of nitrogens with zero attached hydrogens (tertiary/aromatic N) is 6. The molecular formula is C21H20ClN7. The number of rotatable bonds is 6. The van der Waals surface area contributed by atoms with Gasteiger partial charge in [0, 0.05) is 5.02 Å². The molecule has 0 bridgehead atoms. The van der Waals surface area contributed by atoms with Crippen molar-refractivity contribution in [2.24, 2.45) is 0 Å². The monoisotopic (exact) mass is 405 g/mol. The topological polar surface area (TPSA) is 96.1 Å². The first-order valence-electron chi connectivity index (χ1n) is 9.05. The van der Waals surface area contributed by atoms with Crippen molar-refractivity contribution in [1.29, 1.82) is 5.26 Å². The molecule has 0 radical (unpaired) electrons. The van der Waals surface area contributed by atoms with Crippen LogP contribution in [0.1, 0.15) is 17.5 Å². The SMILES string of the molecule is N#CC(CCc1ccc(Cl)cc1)(Cn1cncn1)c1ccccc1.c1cn[nH]n1. The summed E-state index contributed by atoms with van der Waals surface area (Å²) in [6.45, 7) is 0.473. The van der Waals surface area contributed by atoms with Gasteiger partial charge in [0.25, 0.3) is 0 Å². The molecule has 0 aliphatic rings. The molecule has 0 aliphatic heterocycles. The number of benzene rings is 2. The standard InChI is InChI=1S/C19H17ClN4.C2H3N3/c20-18-8-6-16(7-9-18)10-11-19(12-21,13-24-15-22-14-23-24)17-4-2-1-3-5-17;1-2-4-5-3-1/h1-9,14-15H,10-11,13H2;1-2H,(H,3,4,5). The molecule has 146 valence electrons. The maximum Gasteiger partial charge on any atom is 0.137 e. The smallest absolute Gasteiger partial charge is 0.137 e. The number of aryl methyl sites for hydroxylation is 1. The Morgan fingerprint density at radius 1 is 1.03 bits per heavy atom. The highest BCUT2D eigenvalue weighted by atomic mass is 35.5. The fourth-order valence-corrected chi connectivity index (χ4v) is 3.12. The van der Waals surface area contributed by atoms with Crippen LogP contribution in [-0.2, 0) is 18.4 Å². The van der Waals surface area contributed by atoms with Gasteiger partial charge in [0.05, 0.1) is 25.0 Å². The number of aromatic nitrogens is 6. The summed E-state index contributed by atoms with van der Waals surface area (Å²) in [5.74, 6) is 0. The van der Waals surface area contributed by atoms with E-state index in [9.17, 15) is 5.26 Å². The number of H-pyrrole nitrogens is 1. The van der Waals surface area contributed by atoms with Gasteiger partial charge in [-0.25, -0.2) is 4.98 Å². The van der Waals surface area contributed by atoms with Gasteiger partial charge in [-0.05, 0) is 36.1 Å². The summed E-state index contributed by atoms with van der Waals surface area (Å²) in [6.07, 6.45) is 7.78. The Balaban J connectivity index is 0.000000419. The number of nitrogens with one attached hydrogen (secondary N) is 1. The molecule has 2 aromatic heterocycles. The van der Waals surface area contributed by atoms with Gasteiger partial charge >= 0.3 is 0 Å². The first kappa shape index (κ1) is 20.2. The summed E-state index contributed by atoms with van der Waals surface area (Å²) in [4.78, 5) is 3.99. The van der Waals surface area contributed by atoms with Gasteiger partial charge in [-0.1, -0.05) is 54.1 Å². The molecule has 7 nitrogen and oxygen atoms in total. The van der Waals surface area contributed by atoms with Crippen molar-refractivity contribution >= 4 is 11.6 Å². The molecule has 8 heteroatoms. The average Bonchev–Trinajstić information content (AvgIpc) is 3.50. The highest BCUT2D eigenvalue weighted by Gasteiger charge is 2.33. The van der Waals surface area contributed by atoms with Gasteiger partial charge < -0.3 is 0 Å². The summed E-state index contributed by atoms with van der Waals surface area (Å²) in [5.41, 5.74) is 1.50. The van der Waals surface area contributed by atoms with E-state index in [2.05, 4.69) is 31.6 Å². The minimum Gasteiger partial charge on any atom is -0.251 e. The molecule has 2 heterocycles. The van der Waals surface area contributed by atoms with Gasteiger partial charge in [-0.2, -0.15) is 25.8 Å². The molecule has 4 rings (SSSR count). The third kappa shape index (κ3) is 5.74. The van der Waals surface area contributed by atoms with Crippen LogP contribution in [-0.4, -0.2) is 30.2 Å². The van der Waals surface area contributed by atoms with Crippen LogP contribution in [0.4, 0.5) is 0 Å². The van der Waals surface area contributed by atoms with E-state index in [4.69, 9.17) is 11.6 Å². The zero-order valence-corrected chi connectivity index (χ0v) is 16.4. The van der Waals surface area contributed by atoms with Gasteiger partial charge in [0.2, 0.25) is 0 Å². The summed E-state index contributed by atoms with van der Waals surface area (Å²) >= 11 is 5.95. The molecular weight excluding hydrogens is 386 g/mol. The average molecular weight is 406 g/mol. The predicted octanol–water partition coefficient (Wildman–Crippen LogP) is 3.83. The van der Waals surface area contributed by atoms with Gasteiger partial charge in [0.1, 0.15) is 18.1 Å². The lowest BCUT2D eigenvalue weighted by Gasteiger charge is -2.27. The first-order chi connectivity index (χ1) is 14.2. The Morgan fingerprint density at radius 2 is 1.76 bits per heavy atom. The molecule has 0 fully saturated rings. The number of nitriles is 1. The maximum absolute atomic E-state index is 10.0. The molecule has 0 spiro atoms. The Bertz CT molecular complexity index is 976. The van der Waals surface area contributed by atoms with Gasteiger partial charge in [-0.15, -0.1) is 0 Å². The van der Waals surface area contributed by atoms with E-state index in [1.807, 2.05) is 54.6 Å². The second-order valence-corrected chi connectivity index (χ2v) is 6.87. The molecule has 29 heavy (non-hydrogen) atoms. The molecule has 0 amide bonds. The third-order valence-electron chi connectivity index (χ3n) is 4.52. The first-order valence-corrected chi connectivity index (χ1v) is 9.43. The Labute approximate surface area is 174 Å². The van der Waals surface area contributed by atoms with Crippen LogP contribution in [0, 0.1) is 11.3 Å². The van der Waals surface area contributed by atoms with Crippen molar-refractivity contribution in [3.8, 4) is 6.07 Å². The fraction of sp³-hybridized carbons (Fsp3) is 0.190. The lowest BCUT2D eigenvalue weighted by Crippen LogP contribution is -2.31. The van der Waals surface area contributed by atoms with E-state index in [0.717, 1.165) is 22.6 Å². The molecule has 1 atom stereocenters. The Morgan fingerprint density at radius 3 is 2.31 bits per heavy atom. The maximum atomic E-state index is 10.0. The fourth-order valence-electron chi connectivity index (χ4n) is 2.99. The third-order valence-corrected chi connectivity index (χ3v) is 4.78. The second-order valence-electron chi connectivity index (χ2n) is 6.44. The second kappa shape index (κ2) is 10.2. The van der Waals surface area contributed by atoms with E-state index < -0.39 is 5.41 Å². The quantitative estimate of drug-likeness (QED) is 0.525. The highest BCUT2D eigenvalue weighted by molar-refractivity contribution is 6.30. The molecule has 4 aromatic rings. The van der Waals surface area contributed by atoms with Crippen LogP contribution in [0.3, 0.4) is 0 Å². The molecule has 2 aromatic carbocycles. The van der Waals surface area contributed by atoms with E-state index >= 15 is 0 Å². The summed E-state index contributed by atoms with van der Waals surface area (Å²) in [6, 6.07) is 20.2. The molecule has 1 N–H and O–H groups in total. The molecule has 1 unspecified atom stereocenters. The van der Waals surface area contributed by atoms with Crippen molar-refractivity contribution < 1.29 is 0 Å². The summed E-state index contributed by atoms with van der Waals surface area (Å²) in [5, 5.41) is 24.2. The van der Waals surface area contributed by atoms with E-state index in [1.54, 1.807) is 23.4 Å². The zero-order valence-electron chi connectivity index (χ0n) is 15.7. The van der Waals surface area contributed by atoms with Gasteiger partial charge in [0.15, 0.2) is 0 Å². The predicted molar refractivity (Wildman–Crippen MR) is 110 cm³/mol. The van der Waals surface area contributed by atoms with Crippen molar-refractivity contribution in [3.05, 3.63) is 95.8 Å².